The van der Waals surface area contributed by atoms with Gasteiger partial charge in [0.2, 0.25) is 0 Å². The number of benzene rings is 1. The van der Waals surface area contributed by atoms with Crippen molar-refractivity contribution in [3.05, 3.63) is 29.6 Å². The number of fused-ring (bicyclic) bond motifs is 1. The van der Waals surface area contributed by atoms with Crippen molar-refractivity contribution in [2.75, 3.05) is 5.75 Å². The number of rotatable bonds is 4. The van der Waals surface area contributed by atoms with Crippen LogP contribution in [0.3, 0.4) is 0 Å². The molecular weight excluding hydrogens is 309 g/mol. The van der Waals surface area contributed by atoms with E-state index in [1.165, 1.54) is 0 Å². The van der Waals surface area contributed by atoms with E-state index in [1.54, 1.807) is 11.5 Å². The van der Waals surface area contributed by atoms with Gasteiger partial charge in [-0.3, -0.25) is 0 Å². The van der Waals surface area contributed by atoms with E-state index in [0.29, 0.717) is 5.82 Å². The van der Waals surface area contributed by atoms with Gasteiger partial charge in [0.15, 0.2) is 0 Å². The molecule has 2 rings (SSSR count). The van der Waals surface area contributed by atoms with Crippen LogP contribution in [-0.4, -0.2) is 20.8 Å². The molecule has 1 aromatic heterocycles. The second kappa shape index (κ2) is 5.85. The van der Waals surface area contributed by atoms with Crippen molar-refractivity contribution in [1.82, 2.24) is 9.55 Å². The average molecular weight is 323 g/mol. The molecule has 1 aromatic carbocycles. The Morgan fingerprint density at radius 1 is 1.40 bits per heavy atom. The van der Waals surface area contributed by atoms with Gasteiger partial charge < -0.3 is 4.57 Å². The number of hydrogen-bond donors (Lipinski definition) is 0. The molecule has 2 nitrogen and oxygen atoms in total. The number of nitrogens with zero attached hydrogens (tertiary/aromatic N) is 2. The summed E-state index contributed by atoms with van der Waals surface area (Å²) in [7, 11) is 0. The maximum Gasteiger partial charge on any atom is 0.441 e. The minimum absolute atomic E-state index is 0.0251. The normalized spacial score (nSPS) is 13.9. The maximum absolute atomic E-state index is 12.2. The van der Waals surface area contributed by atoms with Crippen molar-refractivity contribution in [1.29, 1.82) is 0 Å². The number of alkyl halides is 4. The van der Waals surface area contributed by atoms with Gasteiger partial charge >= 0.3 is 5.51 Å². The van der Waals surface area contributed by atoms with Crippen LogP contribution in [0.5, 0.6) is 0 Å². The van der Waals surface area contributed by atoms with Crippen molar-refractivity contribution in [3.63, 3.8) is 0 Å². The molecule has 1 atom stereocenters. The molecule has 0 amide bonds. The molecule has 110 valence electrons. The molecule has 20 heavy (non-hydrogen) atoms. The maximum atomic E-state index is 12.2. The molecule has 2 aromatic rings. The van der Waals surface area contributed by atoms with Gasteiger partial charge in [-0.1, -0.05) is 12.1 Å². The number of imidazole rings is 1. The summed E-state index contributed by atoms with van der Waals surface area (Å²) in [5.41, 5.74) is -1.60. The fourth-order valence-electron chi connectivity index (χ4n) is 2.17. The zero-order valence-corrected chi connectivity index (χ0v) is 12.6. The van der Waals surface area contributed by atoms with Crippen molar-refractivity contribution >= 4 is 34.4 Å². The lowest BCUT2D eigenvalue weighted by molar-refractivity contribution is -0.0328. The molecule has 0 aliphatic rings. The number of hydrogen-bond acceptors (Lipinski definition) is 2. The second-order valence-corrected chi connectivity index (χ2v) is 6.29. The fraction of sp³-hybridized carbons (Fsp3) is 0.462. The summed E-state index contributed by atoms with van der Waals surface area (Å²) >= 11 is 6.06. The highest BCUT2D eigenvalue weighted by Crippen LogP contribution is 2.32. The smallest absolute Gasteiger partial charge is 0.326 e. The van der Waals surface area contributed by atoms with Crippen LogP contribution in [0.1, 0.15) is 23.7 Å². The molecule has 1 unspecified atom stereocenters. The first-order chi connectivity index (χ1) is 9.29. The minimum Gasteiger partial charge on any atom is -0.326 e. The van der Waals surface area contributed by atoms with Gasteiger partial charge in [-0.15, -0.1) is 11.6 Å². The summed E-state index contributed by atoms with van der Waals surface area (Å²) in [5, 5.41) is -0.349. The standard InChI is InChI=1S/C13H14ClF3N2S/c1-8-4-3-5-10-11(8)19(12(18-10)9(2)14)6-7-20-13(15,16)17/h3-5,9H,6-7H2,1-2H3. The number of para-hydroxylation sites is 1. The highest BCUT2D eigenvalue weighted by Gasteiger charge is 2.28. The van der Waals surface area contributed by atoms with Gasteiger partial charge in [-0.25, -0.2) is 4.98 Å². The summed E-state index contributed by atoms with van der Waals surface area (Å²) in [5.74, 6) is 0.554. The van der Waals surface area contributed by atoms with Gasteiger partial charge in [-0.2, -0.15) is 13.2 Å². The predicted octanol–water partition coefficient (Wildman–Crippen LogP) is 4.90. The van der Waals surface area contributed by atoms with Crippen LogP contribution in [0.15, 0.2) is 18.2 Å². The van der Waals surface area contributed by atoms with Gasteiger partial charge in [0, 0.05) is 12.3 Å². The second-order valence-electron chi connectivity index (χ2n) is 4.47. The van der Waals surface area contributed by atoms with Crippen LogP contribution in [0.2, 0.25) is 0 Å². The summed E-state index contributed by atoms with van der Waals surface area (Å²) < 4.78 is 38.5. The van der Waals surface area contributed by atoms with Crippen LogP contribution < -0.4 is 0 Å². The van der Waals surface area contributed by atoms with Crippen LogP contribution in [0, 0.1) is 6.92 Å². The molecule has 0 bridgehead atoms. The summed E-state index contributed by atoms with van der Waals surface area (Å²) in [6.45, 7) is 3.92. The quantitative estimate of drug-likeness (QED) is 0.745. The minimum atomic E-state index is -4.21. The van der Waals surface area contributed by atoms with Crippen molar-refractivity contribution in [2.24, 2.45) is 0 Å². The highest BCUT2D eigenvalue weighted by molar-refractivity contribution is 8.00. The Hall–Kier alpha value is -0.880. The molecule has 0 radical (unpaired) electrons. The van der Waals surface area contributed by atoms with E-state index in [4.69, 9.17) is 11.6 Å². The zero-order valence-electron chi connectivity index (χ0n) is 11.0. The molecule has 1 heterocycles. The van der Waals surface area contributed by atoms with E-state index in [-0.39, 0.29) is 29.4 Å². The fourth-order valence-corrected chi connectivity index (χ4v) is 2.84. The van der Waals surface area contributed by atoms with Gasteiger partial charge in [0.25, 0.3) is 0 Å². The lowest BCUT2D eigenvalue weighted by atomic mass is 10.2. The SMILES string of the molecule is Cc1cccc2nc(C(C)Cl)n(CCSC(F)(F)F)c12. The molecule has 0 N–H and O–H groups in total. The van der Waals surface area contributed by atoms with Gasteiger partial charge in [-0.05, 0) is 37.2 Å². The number of thioether (sulfide) groups is 1. The van der Waals surface area contributed by atoms with Crippen LogP contribution in [0.25, 0.3) is 11.0 Å². The average Bonchev–Trinajstić information content (AvgIpc) is 2.68. The van der Waals surface area contributed by atoms with E-state index in [0.717, 1.165) is 16.6 Å². The molecule has 0 spiro atoms. The van der Waals surface area contributed by atoms with E-state index >= 15 is 0 Å². The number of aromatic nitrogens is 2. The first kappa shape index (κ1) is 15.5. The Balaban J connectivity index is 2.36. The monoisotopic (exact) mass is 322 g/mol. The Morgan fingerprint density at radius 2 is 2.10 bits per heavy atom. The molecule has 0 saturated heterocycles. The Morgan fingerprint density at radius 3 is 2.70 bits per heavy atom. The first-order valence-electron chi connectivity index (χ1n) is 6.10. The zero-order chi connectivity index (χ0) is 14.9. The van der Waals surface area contributed by atoms with Crippen LogP contribution >= 0.6 is 23.4 Å². The lowest BCUT2D eigenvalue weighted by Crippen LogP contribution is -2.10. The number of aryl methyl sites for hydroxylation is 2. The topological polar surface area (TPSA) is 17.8 Å². The first-order valence-corrected chi connectivity index (χ1v) is 7.52. The Bertz CT molecular complexity index is 607. The summed E-state index contributed by atoms with van der Waals surface area (Å²) in [4.78, 5) is 4.43. The third-order valence-corrected chi connectivity index (χ3v) is 3.84. The molecule has 0 fully saturated rings. The molecule has 0 aliphatic heterocycles. The highest BCUT2D eigenvalue weighted by atomic mass is 35.5. The van der Waals surface area contributed by atoms with Gasteiger partial charge in [0.05, 0.1) is 16.4 Å². The predicted molar refractivity (Wildman–Crippen MR) is 77.3 cm³/mol. The van der Waals surface area contributed by atoms with Crippen LogP contribution in [-0.2, 0) is 6.54 Å². The largest absolute Gasteiger partial charge is 0.441 e. The van der Waals surface area contributed by atoms with Crippen molar-refractivity contribution in [2.45, 2.75) is 31.3 Å². The van der Waals surface area contributed by atoms with Crippen LogP contribution in [0.4, 0.5) is 13.2 Å². The third-order valence-electron chi connectivity index (χ3n) is 2.93. The lowest BCUT2D eigenvalue weighted by Gasteiger charge is -2.12. The van der Waals surface area contributed by atoms with E-state index in [1.807, 2.05) is 25.1 Å². The Labute approximate surface area is 124 Å². The molecule has 0 aliphatic carbocycles. The van der Waals surface area contributed by atoms with Gasteiger partial charge in [0.1, 0.15) is 5.82 Å². The Kier molecular flexibility index (Phi) is 4.54. The number of halogens is 4. The summed E-state index contributed by atoms with van der Waals surface area (Å²) in [6, 6.07) is 5.64. The van der Waals surface area contributed by atoms with E-state index in [9.17, 15) is 13.2 Å². The van der Waals surface area contributed by atoms with Crippen molar-refractivity contribution in [3.8, 4) is 0 Å². The third kappa shape index (κ3) is 3.41. The summed E-state index contributed by atoms with van der Waals surface area (Å²) in [6.07, 6.45) is 0. The van der Waals surface area contributed by atoms with Crippen molar-refractivity contribution < 1.29 is 13.2 Å². The molecule has 7 heteroatoms. The molecular formula is C13H14ClF3N2S. The van der Waals surface area contributed by atoms with E-state index < -0.39 is 5.51 Å². The van der Waals surface area contributed by atoms with E-state index in [2.05, 4.69) is 4.98 Å². The molecule has 0 saturated carbocycles.